The molecule has 0 fully saturated rings. The normalized spacial score (nSPS) is 16.6. The van der Waals surface area contributed by atoms with Crippen LogP contribution in [0.4, 0.5) is 0 Å². The maximum atomic E-state index is 12.6. The lowest BCUT2D eigenvalue weighted by molar-refractivity contribution is -0.144. The second-order valence-electron chi connectivity index (χ2n) is 9.44. The summed E-state index contributed by atoms with van der Waals surface area (Å²) in [7, 11) is 1.67. The van der Waals surface area contributed by atoms with Gasteiger partial charge in [0.1, 0.15) is 12.1 Å². The Balaban J connectivity index is 2.68. The van der Waals surface area contributed by atoms with Gasteiger partial charge < -0.3 is 30.7 Å². The Morgan fingerprint density at radius 2 is 1.63 bits per heavy atom. The Bertz CT molecular complexity index is 992. The standard InChI is InChI=1S/C28H40N2O8/c1-17(15-18(2)24(38-5)16-21-9-7-6-8-10-21)11-13-23(31)19(3)26(33)30-22(28(36)37)12-14-25(32)29-20(4)27(34)35/h6-11,13,15,18-20,22-24,31H,12,14,16H2,1-5H3,(H,29,32)(H,30,33)(H,34,35)(H,36,37)/b13-11+,17-15+/t18-,19-,20-,22+,23+,24-/m0/s1. The molecule has 0 saturated carbocycles. The van der Waals surface area contributed by atoms with Crippen molar-refractivity contribution in [1.29, 1.82) is 0 Å². The quantitative estimate of drug-likeness (QED) is 0.203. The van der Waals surface area contributed by atoms with Gasteiger partial charge in [0.25, 0.3) is 0 Å². The van der Waals surface area contributed by atoms with Crippen molar-refractivity contribution in [3.05, 3.63) is 59.7 Å². The Morgan fingerprint density at radius 3 is 2.18 bits per heavy atom. The molecule has 1 rings (SSSR count). The van der Waals surface area contributed by atoms with E-state index in [9.17, 15) is 29.4 Å². The Kier molecular flexibility index (Phi) is 14.0. The molecule has 0 aliphatic rings. The molecule has 5 N–H and O–H groups in total. The highest BCUT2D eigenvalue weighted by Crippen LogP contribution is 2.17. The number of aliphatic hydroxyl groups excluding tert-OH is 1. The average Bonchev–Trinajstić information content (AvgIpc) is 2.87. The molecular formula is C28H40N2O8. The number of carbonyl (C=O) groups is 4. The first kappa shape index (κ1) is 32.5. The molecule has 0 radical (unpaired) electrons. The Morgan fingerprint density at radius 1 is 1.00 bits per heavy atom. The number of ether oxygens (including phenoxy) is 1. The van der Waals surface area contributed by atoms with Gasteiger partial charge in [0.05, 0.1) is 18.1 Å². The average molecular weight is 533 g/mol. The molecule has 0 bridgehead atoms. The summed E-state index contributed by atoms with van der Waals surface area (Å²) >= 11 is 0. The summed E-state index contributed by atoms with van der Waals surface area (Å²) in [5.41, 5.74) is 2.03. The first-order valence-electron chi connectivity index (χ1n) is 12.5. The number of amides is 2. The topological polar surface area (TPSA) is 162 Å². The molecule has 2 amide bonds. The lowest BCUT2D eigenvalue weighted by Gasteiger charge is -2.21. The number of allylic oxidation sites excluding steroid dienone is 2. The van der Waals surface area contributed by atoms with E-state index in [1.165, 1.54) is 19.9 Å². The zero-order valence-corrected chi connectivity index (χ0v) is 22.6. The van der Waals surface area contributed by atoms with Gasteiger partial charge in [-0.05, 0) is 32.3 Å². The van der Waals surface area contributed by atoms with Gasteiger partial charge in [0.15, 0.2) is 0 Å². The van der Waals surface area contributed by atoms with Crippen LogP contribution in [0, 0.1) is 11.8 Å². The molecule has 0 heterocycles. The molecule has 0 aliphatic heterocycles. The second-order valence-corrected chi connectivity index (χ2v) is 9.44. The van der Waals surface area contributed by atoms with Crippen LogP contribution in [0.5, 0.6) is 0 Å². The van der Waals surface area contributed by atoms with Crippen molar-refractivity contribution in [1.82, 2.24) is 10.6 Å². The fourth-order valence-corrected chi connectivity index (χ4v) is 3.69. The second kappa shape index (κ2) is 16.4. The summed E-state index contributed by atoms with van der Waals surface area (Å²) in [5.74, 6) is -4.77. The number of carboxylic acid groups (broad SMARTS) is 2. The summed E-state index contributed by atoms with van der Waals surface area (Å²) in [6, 6.07) is 7.52. The van der Waals surface area contributed by atoms with E-state index in [0.717, 1.165) is 17.6 Å². The number of nitrogens with one attached hydrogen (secondary N) is 2. The molecule has 0 aliphatic carbocycles. The van der Waals surface area contributed by atoms with E-state index in [0.29, 0.717) is 0 Å². The van der Waals surface area contributed by atoms with Gasteiger partial charge in [0, 0.05) is 19.4 Å². The first-order valence-corrected chi connectivity index (χ1v) is 12.5. The third kappa shape index (κ3) is 11.7. The van der Waals surface area contributed by atoms with Gasteiger partial charge >= 0.3 is 11.9 Å². The molecule has 10 heteroatoms. The SMILES string of the molecule is CO[C@@H](Cc1ccccc1)[C@@H](C)/C=C(C)/C=C/[C@@H](O)[C@H](C)C(=O)N[C@H](CCC(=O)N[C@@H](C)C(=O)O)C(=O)O. The lowest BCUT2D eigenvalue weighted by Crippen LogP contribution is -2.46. The van der Waals surface area contributed by atoms with Crippen molar-refractivity contribution in [2.75, 3.05) is 7.11 Å². The molecule has 1 aromatic rings. The van der Waals surface area contributed by atoms with Gasteiger partial charge in [-0.15, -0.1) is 0 Å². The fraction of sp³-hybridized carbons (Fsp3) is 0.500. The Hall–Kier alpha value is -3.50. The number of carboxylic acids is 2. The van der Waals surface area contributed by atoms with Crippen LogP contribution < -0.4 is 10.6 Å². The summed E-state index contributed by atoms with van der Waals surface area (Å²) in [6.07, 6.45) is 4.19. The minimum absolute atomic E-state index is 0.0438. The lowest BCUT2D eigenvalue weighted by atomic mass is 9.95. The number of hydrogen-bond acceptors (Lipinski definition) is 6. The Labute approximate surface area is 223 Å². The number of benzene rings is 1. The number of aliphatic hydroxyl groups is 1. The smallest absolute Gasteiger partial charge is 0.326 e. The molecule has 38 heavy (non-hydrogen) atoms. The molecule has 210 valence electrons. The van der Waals surface area contributed by atoms with Gasteiger partial charge in [0.2, 0.25) is 11.8 Å². The van der Waals surface area contributed by atoms with E-state index in [1.54, 1.807) is 13.2 Å². The van der Waals surface area contributed by atoms with Crippen LogP contribution in [-0.4, -0.2) is 70.5 Å². The van der Waals surface area contributed by atoms with Crippen LogP contribution in [0.25, 0.3) is 0 Å². The highest BCUT2D eigenvalue weighted by Gasteiger charge is 2.27. The molecular weight excluding hydrogens is 492 g/mol. The van der Waals surface area contributed by atoms with Crippen molar-refractivity contribution in [3.8, 4) is 0 Å². The number of aliphatic carboxylic acids is 2. The number of hydrogen-bond donors (Lipinski definition) is 5. The van der Waals surface area contributed by atoms with Gasteiger partial charge in [-0.25, -0.2) is 4.79 Å². The minimum Gasteiger partial charge on any atom is -0.480 e. The molecule has 0 saturated heterocycles. The van der Waals surface area contributed by atoms with Crippen LogP contribution >= 0.6 is 0 Å². The van der Waals surface area contributed by atoms with E-state index in [1.807, 2.05) is 50.3 Å². The third-order valence-corrected chi connectivity index (χ3v) is 6.20. The predicted molar refractivity (Wildman–Crippen MR) is 142 cm³/mol. The summed E-state index contributed by atoms with van der Waals surface area (Å²) < 4.78 is 5.66. The largest absolute Gasteiger partial charge is 0.480 e. The van der Waals surface area contributed by atoms with E-state index >= 15 is 0 Å². The van der Waals surface area contributed by atoms with Crippen molar-refractivity contribution < 1.29 is 39.2 Å². The fourth-order valence-electron chi connectivity index (χ4n) is 3.69. The van der Waals surface area contributed by atoms with Crippen molar-refractivity contribution >= 4 is 23.8 Å². The van der Waals surface area contributed by atoms with E-state index in [4.69, 9.17) is 9.84 Å². The molecule has 0 aromatic heterocycles. The van der Waals surface area contributed by atoms with E-state index < -0.39 is 47.9 Å². The van der Waals surface area contributed by atoms with Crippen LogP contribution in [0.1, 0.15) is 46.1 Å². The van der Waals surface area contributed by atoms with Crippen molar-refractivity contribution in [3.63, 3.8) is 0 Å². The van der Waals surface area contributed by atoms with E-state index in [2.05, 4.69) is 10.6 Å². The van der Waals surface area contributed by atoms with Crippen LogP contribution in [0.2, 0.25) is 0 Å². The number of methoxy groups -OCH3 is 1. The zero-order valence-electron chi connectivity index (χ0n) is 22.6. The third-order valence-electron chi connectivity index (χ3n) is 6.20. The maximum Gasteiger partial charge on any atom is 0.326 e. The van der Waals surface area contributed by atoms with Crippen LogP contribution in [-0.2, 0) is 30.3 Å². The van der Waals surface area contributed by atoms with Gasteiger partial charge in [-0.2, -0.15) is 0 Å². The minimum atomic E-state index is -1.37. The van der Waals surface area contributed by atoms with Crippen LogP contribution in [0.15, 0.2) is 54.1 Å². The molecule has 10 nitrogen and oxygen atoms in total. The van der Waals surface area contributed by atoms with E-state index in [-0.39, 0.29) is 24.9 Å². The molecule has 1 aromatic carbocycles. The monoisotopic (exact) mass is 532 g/mol. The zero-order chi connectivity index (χ0) is 28.8. The van der Waals surface area contributed by atoms with Crippen molar-refractivity contribution in [2.24, 2.45) is 11.8 Å². The summed E-state index contributed by atoms with van der Waals surface area (Å²) in [6.45, 7) is 6.66. The summed E-state index contributed by atoms with van der Waals surface area (Å²) in [4.78, 5) is 46.8. The predicted octanol–water partition coefficient (Wildman–Crippen LogP) is 2.32. The molecule has 0 spiro atoms. The van der Waals surface area contributed by atoms with Crippen molar-refractivity contribution in [2.45, 2.75) is 71.2 Å². The number of carbonyl (C=O) groups excluding carboxylic acids is 2. The molecule has 0 unspecified atom stereocenters. The first-order chi connectivity index (χ1) is 17.8. The number of rotatable bonds is 16. The van der Waals surface area contributed by atoms with Gasteiger partial charge in [-0.3, -0.25) is 14.4 Å². The summed E-state index contributed by atoms with van der Waals surface area (Å²) in [5, 5.41) is 33.3. The van der Waals surface area contributed by atoms with Gasteiger partial charge in [-0.1, -0.05) is 68.0 Å². The van der Waals surface area contributed by atoms with Crippen LogP contribution in [0.3, 0.4) is 0 Å². The maximum absolute atomic E-state index is 12.6. The highest BCUT2D eigenvalue weighted by molar-refractivity contribution is 5.86. The molecule has 6 atom stereocenters. The highest BCUT2D eigenvalue weighted by atomic mass is 16.5.